The van der Waals surface area contributed by atoms with Crippen molar-refractivity contribution < 1.29 is 8.42 Å². The molecule has 2 aromatic rings. The minimum Gasteiger partial charge on any atom is -0.398 e. The Hall–Kier alpha value is -2.08. The number of aryl methyl sites for hydroxylation is 1. The first-order chi connectivity index (χ1) is 8.49. The average Bonchev–Trinajstić information content (AvgIpc) is 2.33. The number of benzene rings is 1. The normalized spacial score (nSPS) is 11.2. The standard InChI is InChI=1S/C12H13N3O2S/c1-9-2-3-11(8-12(9)13)18(16,17)15-10-4-6-14-7-5-10/h2-8H,13H2,1H3,(H,14,15). The fraction of sp³-hybridized carbons (Fsp3) is 0.0833. The first-order valence-corrected chi connectivity index (χ1v) is 6.76. The molecule has 0 bridgehead atoms. The van der Waals surface area contributed by atoms with Gasteiger partial charge in [-0.2, -0.15) is 0 Å². The topological polar surface area (TPSA) is 85.1 Å². The highest BCUT2D eigenvalue weighted by molar-refractivity contribution is 7.92. The first kappa shape index (κ1) is 12.4. The molecule has 18 heavy (non-hydrogen) atoms. The number of sulfonamides is 1. The average molecular weight is 263 g/mol. The van der Waals surface area contributed by atoms with Gasteiger partial charge in [0.05, 0.1) is 10.6 Å². The lowest BCUT2D eigenvalue weighted by Gasteiger charge is -2.09. The molecule has 0 aliphatic heterocycles. The number of nitrogens with two attached hydrogens (primary N) is 1. The number of nitrogen functional groups attached to an aromatic ring is 1. The van der Waals surface area contributed by atoms with Gasteiger partial charge in [0.2, 0.25) is 0 Å². The summed E-state index contributed by atoms with van der Waals surface area (Å²) in [6.07, 6.45) is 3.03. The summed E-state index contributed by atoms with van der Waals surface area (Å²) in [5.41, 5.74) is 7.47. The summed E-state index contributed by atoms with van der Waals surface area (Å²) in [5.74, 6) is 0. The molecule has 94 valence electrons. The van der Waals surface area contributed by atoms with Crippen LogP contribution < -0.4 is 10.5 Å². The Labute approximate surface area is 106 Å². The van der Waals surface area contributed by atoms with Gasteiger partial charge >= 0.3 is 0 Å². The number of anilines is 2. The largest absolute Gasteiger partial charge is 0.398 e. The Morgan fingerprint density at radius 3 is 2.44 bits per heavy atom. The number of hydrogen-bond donors (Lipinski definition) is 2. The van der Waals surface area contributed by atoms with E-state index in [9.17, 15) is 8.42 Å². The number of nitrogens with zero attached hydrogens (tertiary/aromatic N) is 1. The van der Waals surface area contributed by atoms with Crippen LogP contribution in [0.5, 0.6) is 0 Å². The lowest BCUT2D eigenvalue weighted by atomic mass is 10.2. The van der Waals surface area contributed by atoms with Crippen molar-refractivity contribution in [1.29, 1.82) is 0 Å². The Bertz CT molecular complexity index is 654. The third-order valence-electron chi connectivity index (χ3n) is 2.49. The first-order valence-electron chi connectivity index (χ1n) is 5.28. The Balaban J connectivity index is 2.34. The van der Waals surface area contributed by atoms with Crippen molar-refractivity contribution in [2.75, 3.05) is 10.5 Å². The SMILES string of the molecule is Cc1ccc(S(=O)(=O)Nc2ccncc2)cc1N. The number of rotatable bonds is 3. The summed E-state index contributed by atoms with van der Waals surface area (Å²) in [7, 11) is -3.61. The van der Waals surface area contributed by atoms with Crippen LogP contribution in [0.3, 0.4) is 0 Å². The molecular weight excluding hydrogens is 250 g/mol. The van der Waals surface area contributed by atoms with Gasteiger partial charge in [0.15, 0.2) is 0 Å². The molecule has 0 atom stereocenters. The fourth-order valence-electron chi connectivity index (χ4n) is 1.42. The van der Waals surface area contributed by atoms with E-state index in [-0.39, 0.29) is 4.90 Å². The quantitative estimate of drug-likeness (QED) is 0.826. The minimum absolute atomic E-state index is 0.141. The molecule has 0 saturated carbocycles. The van der Waals surface area contributed by atoms with Gasteiger partial charge < -0.3 is 5.73 Å². The van der Waals surface area contributed by atoms with Gasteiger partial charge in [-0.05, 0) is 36.8 Å². The van der Waals surface area contributed by atoms with E-state index in [1.165, 1.54) is 24.5 Å². The number of aromatic nitrogens is 1. The van der Waals surface area contributed by atoms with Gasteiger partial charge in [-0.3, -0.25) is 9.71 Å². The molecule has 1 aromatic heterocycles. The van der Waals surface area contributed by atoms with E-state index in [2.05, 4.69) is 9.71 Å². The summed E-state index contributed by atoms with van der Waals surface area (Å²) in [6.45, 7) is 1.82. The summed E-state index contributed by atoms with van der Waals surface area (Å²) in [5, 5.41) is 0. The Morgan fingerprint density at radius 1 is 1.17 bits per heavy atom. The van der Waals surface area contributed by atoms with E-state index in [4.69, 9.17) is 5.73 Å². The molecule has 0 fully saturated rings. The number of hydrogen-bond acceptors (Lipinski definition) is 4. The fourth-order valence-corrected chi connectivity index (χ4v) is 2.51. The second-order valence-corrected chi connectivity index (χ2v) is 5.54. The van der Waals surface area contributed by atoms with E-state index in [1.807, 2.05) is 6.92 Å². The zero-order valence-corrected chi connectivity index (χ0v) is 10.6. The Kier molecular flexibility index (Phi) is 3.20. The van der Waals surface area contributed by atoms with Gasteiger partial charge in [0.25, 0.3) is 10.0 Å². The smallest absolute Gasteiger partial charge is 0.261 e. The summed E-state index contributed by atoms with van der Waals surface area (Å²) in [4.78, 5) is 3.96. The zero-order chi connectivity index (χ0) is 13.2. The highest BCUT2D eigenvalue weighted by atomic mass is 32.2. The van der Waals surface area contributed by atoms with Crippen LogP contribution in [0.2, 0.25) is 0 Å². The van der Waals surface area contributed by atoms with Crippen molar-refractivity contribution >= 4 is 21.4 Å². The number of nitrogens with one attached hydrogen (secondary N) is 1. The van der Waals surface area contributed by atoms with Crippen LogP contribution in [0.25, 0.3) is 0 Å². The molecule has 0 amide bonds. The summed E-state index contributed by atoms with van der Waals surface area (Å²) >= 11 is 0. The predicted octanol–water partition coefficient (Wildman–Crippen LogP) is 1.77. The third-order valence-corrected chi connectivity index (χ3v) is 3.87. The molecule has 0 aliphatic rings. The number of pyridine rings is 1. The predicted molar refractivity (Wildman–Crippen MR) is 70.6 cm³/mol. The Morgan fingerprint density at radius 2 is 1.83 bits per heavy atom. The minimum atomic E-state index is -3.61. The highest BCUT2D eigenvalue weighted by Gasteiger charge is 2.14. The lowest BCUT2D eigenvalue weighted by molar-refractivity contribution is 0.601. The van der Waals surface area contributed by atoms with Crippen molar-refractivity contribution in [3.63, 3.8) is 0 Å². The van der Waals surface area contributed by atoms with Crippen molar-refractivity contribution in [2.24, 2.45) is 0 Å². The molecule has 1 aromatic carbocycles. The van der Waals surface area contributed by atoms with E-state index < -0.39 is 10.0 Å². The maximum Gasteiger partial charge on any atom is 0.261 e. The van der Waals surface area contributed by atoms with Crippen LogP contribution in [0, 0.1) is 6.92 Å². The van der Waals surface area contributed by atoms with Crippen LogP contribution in [0.1, 0.15) is 5.56 Å². The van der Waals surface area contributed by atoms with E-state index in [0.717, 1.165) is 5.56 Å². The van der Waals surface area contributed by atoms with Crippen molar-refractivity contribution in [1.82, 2.24) is 4.98 Å². The lowest BCUT2D eigenvalue weighted by Crippen LogP contribution is -2.13. The summed E-state index contributed by atoms with van der Waals surface area (Å²) in [6, 6.07) is 7.80. The molecule has 0 unspecified atom stereocenters. The maximum atomic E-state index is 12.1. The van der Waals surface area contributed by atoms with Crippen molar-refractivity contribution in [3.8, 4) is 0 Å². The molecule has 5 nitrogen and oxygen atoms in total. The van der Waals surface area contributed by atoms with Gasteiger partial charge in [-0.15, -0.1) is 0 Å². The molecule has 1 heterocycles. The van der Waals surface area contributed by atoms with Crippen LogP contribution in [-0.2, 0) is 10.0 Å². The summed E-state index contributed by atoms with van der Waals surface area (Å²) < 4.78 is 26.6. The van der Waals surface area contributed by atoms with Crippen molar-refractivity contribution in [3.05, 3.63) is 48.3 Å². The van der Waals surface area contributed by atoms with Crippen LogP contribution in [0.4, 0.5) is 11.4 Å². The van der Waals surface area contributed by atoms with E-state index >= 15 is 0 Å². The van der Waals surface area contributed by atoms with E-state index in [1.54, 1.807) is 18.2 Å². The van der Waals surface area contributed by atoms with Crippen LogP contribution in [0.15, 0.2) is 47.6 Å². The molecule has 6 heteroatoms. The maximum absolute atomic E-state index is 12.1. The van der Waals surface area contributed by atoms with Gasteiger partial charge in [-0.1, -0.05) is 6.07 Å². The zero-order valence-electron chi connectivity index (χ0n) is 9.79. The molecule has 0 saturated heterocycles. The van der Waals surface area contributed by atoms with Gasteiger partial charge in [0, 0.05) is 18.1 Å². The van der Waals surface area contributed by atoms with Gasteiger partial charge in [-0.25, -0.2) is 8.42 Å². The molecule has 3 N–H and O–H groups in total. The third kappa shape index (κ3) is 2.60. The molecule has 0 spiro atoms. The second kappa shape index (κ2) is 4.66. The van der Waals surface area contributed by atoms with E-state index in [0.29, 0.717) is 11.4 Å². The second-order valence-electron chi connectivity index (χ2n) is 3.86. The molecule has 0 aliphatic carbocycles. The van der Waals surface area contributed by atoms with Crippen LogP contribution >= 0.6 is 0 Å². The van der Waals surface area contributed by atoms with Gasteiger partial charge in [0.1, 0.15) is 0 Å². The molecule has 0 radical (unpaired) electrons. The van der Waals surface area contributed by atoms with Crippen LogP contribution in [-0.4, -0.2) is 13.4 Å². The highest BCUT2D eigenvalue weighted by Crippen LogP contribution is 2.19. The molecular formula is C12H13N3O2S. The molecule has 2 rings (SSSR count). The monoisotopic (exact) mass is 263 g/mol. The van der Waals surface area contributed by atoms with Crippen molar-refractivity contribution in [2.45, 2.75) is 11.8 Å².